The van der Waals surface area contributed by atoms with Gasteiger partial charge in [-0.2, -0.15) is 0 Å². The van der Waals surface area contributed by atoms with Crippen molar-refractivity contribution in [1.82, 2.24) is 9.80 Å². The lowest BCUT2D eigenvalue weighted by molar-refractivity contribution is 0.0521. The number of fused-ring (bicyclic) bond motifs is 1. The Morgan fingerprint density at radius 2 is 2.05 bits per heavy atom. The molecule has 0 radical (unpaired) electrons. The zero-order chi connectivity index (χ0) is 14.3. The Morgan fingerprint density at radius 1 is 1.25 bits per heavy atom. The molecule has 2 saturated heterocycles. The van der Waals surface area contributed by atoms with Gasteiger partial charge < -0.3 is 5.11 Å². The molecule has 20 heavy (non-hydrogen) atoms. The van der Waals surface area contributed by atoms with Gasteiger partial charge in [0.1, 0.15) is 11.6 Å². The first kappa shape index (κ1) is 13.9. The van der Waals surface area contributed by atoms with Crippen LogP contribution in [0.5, 0.6) is 0 Å². The molecular formula is C15H20F2N2O. The Hall–Kier alpha value is -1.04. The first-order valence-electron chi connectivity index (χ1n) is 7.13. The van der Waals surface area contributed by atoms with Crippen molar-refractivity contribution in [3.05, 3.63) is 35.4 Å². The van der Waals surface area contributed by atoms with Crippen LogP contribution in [-0.4, -0.2) is 52.7 Å². The summed E-state index contributed by atoms with van der Waals surface area (Å²) in [5.74, 6) is -1.02. The van der Waals surface area contributed by atoms with Gasteiger partial charge in [-0.1, -0.05) is 6.07 Å². The van der Waals surface area contributed by atoms with E-state index in [1.807, 2.05) is 0 Å². The molecule has 1 unspecified atom stereocenters. The number of aliphatic hydroxyl groups is 1. The Bertz CT molecular complexity index is 497. The third kappa shape index (κ3) is 2.71. The molecule has 0 saturated carbocycles. The van der Waals surface area contributed by atoms with Crippen molar-refractivity contribution < 1.29 is 13.9 Å². The molecule has 0 aliphatic carbocycles. The van der Waals surface area contributed by atoms with Crippen LogP contribution in [0.2, 0.25) is 0 Å². The van der Waals surface area contributed by atoms with Crippen molar-refractivity contribution in [2.24, 2.45) is 0 Å². The molecule has 1 N–H and O–H groups in total. The number of halogens is 2. The zero-order valence-electron chi connectivity index (χ0n) is 11.6. The van der Waals surface area contributed by atoms with Gasteiger partial charge in [-0.3, -0.25) is 9.80 Å². The van der Waals surface area contributed by atoms with Gasteiger partial charge in [-0.25, -0.2) is 8.78 Å². The number of rotatable bonds is 2. The number of hydrogen-bond acceptors (Lipinski definition) is 3. The molecule has 3 atom stereocenters. The van der Waals surface area contributed by atoms with E-state index >= 15 is 0 Å². The van der Waals surface area contributed by atoms with Crippen molar-refractivity contribution in [3.63, 3.8) is 0 Å². The summed E-state index contributed by atoms with van der Waals surface area (Å²) in [6, 6.07) is 4.42. The Balaban J connectivity index is 1.71. The minimum Gasteiger partial charge on any atom is -0.392 e. The number of benzene rings is 1. The highest BCUT2D eigenvalue weighted by atomic mass is 19.1. The molecule has 3 nitrogen and oxygen atoms in total. The van der Waals surface area contributed by atoms with Crippen LogP contribution in [0.4, 0.5) is 8.78 Å². The number of hydrogen-bond donors (Lipinski definition) is 1. The summed E-state index contributed by atoms with van der Waals surface area (Å²) in [5.41, 5.74) is 0.533. The number of aliphatic hydroxyl groups excluding tert-OH is 1. The van der Waals surface area contributed by atoms with Gasteiger partial charge in [-0.15, -0.1) is 0 Å². The first-order valence-corrected chi connectivity index (χ1v) is 7.13. The normalized spacial score (nSPS) is 31.5. The molecule has 0 spiro atoms. The lowest BCUT2D eigenvalue weighted by Gasteiger charge is -2.42. The maximum absolute atomic E-state index is 13.7. The summed E-state index contributed by atoms with van der Waals surface area (Å²) < 4.78 is 26.7. The molecular weight excluding hydrogens is 262 g/mol. The van der Waals surface area contributed by atoms with Crippen LogP contribution >= 0.6 is 0 Å². The third-order valence-electron chi connectivity index (χ3n) is 4.46. The standard InChI is InChI=1S/C15H20F2N2O/c1-10-6-19-9-14(20)5-13(19)8-18(10)7-11-2-3-12(16)4-15(11)17/h2-4,10,13-14,20H,5-9H2,1H3/t10-,13?,14-/m1/s1. The number of piperazine rings is 1. The van der Waals surface area contributed by atoms with Crippen molar-refractivity contribution in [1.29, 1.82) is 0 Å². The van der Waals surface area contributed by atoms with Crippen molar-refractivity contribution in [2.45, 2.75) is 38.1 Å². The predicted molar refractivity (Wildman–Crippen MR) is 72.2 cm³/mol. The molecule has 2 aliphatic heterocycles. The summed E-state index contributed by atoms with van der Waals surface area (Å²) in [4.78, 5) is 4.53. The average molecular weight is 282 g/mol. The van der Waals surface area contributed by atoms with Crippen LogP contribution in [0, 0.1) is 11.6 Å². The fourth-order valence-corrected chi connectivity index (χ4v) is 3.37. The molecule has 5 heteroatoms. The minimum absolute atomic E-state index is 0.241. The van der Waals surface area contributed by atoms with Gasteiger partial charge in [0.2, 0.25) is 0 Å². The second kappa shape index (κ2) is 5.39. The predicted octanol–water partition coefficient (Wildman–Crippen LogP) is 1.60. The highest BCUT2D eigenvalue weighted by Gasteiger charge is 2.38. The Labute approximate surface area is 117 Å². The Kier molecular flexibility index (Phi) is 3.75. The maximum atomic E-state index is 13.7. The van der Waals surface area contributed by atoms with Crippen LogP contribution in [-0.2, 0) is 6.54 Å². The van der Waals surface area contributed by atoms with Gasteiger partial charge in [0.15, 0.2) is 0 Å². The summed E-state index contributed by atoms with van der Waals surface area (Å²) in [6.45, 7) is 5.07. The van der Waals surface area contributed by atoms with Crippen molar-refractivity contribution in [2.75, 3.05) is 19.6 Å². The first-order chi connectivity index (χ1) is 9.52. The van der Waals surface area contributed by atoms with E-state index in [1.165, 1.54) is 12.1 Å². The molecule has 2 heterocycles. The van der Waals surface area contributed by atoms with E-state index in [9.17, 15) is 13.9 Å². The highest BCUT2D eigenvalue weighted by molar-refractivity contribution is 5.18. The lowest BCUT2D eigenvalue weighted by atomic mass is 10.1. The molecule has 110 valence electrons. The van der Waals surface area contributed by atoms with Crippen molar-refractivity contribution >= 4 is 0 Å². The summed E-state index contributed by atoms with van der Waals surface area (Å²) >= 11 is 0. The SMILES string of the molecule is C[C@@H]1CN2C[C@H](O)CC2CN1Cc1ccc(F)cc1F. The second-order valence-corrected chi connectivity index (χ2v) is 6.01. The van der Waals surface area contributed by atoms with Gasteiger partial charge in [0.25, 0.3) is 0 Å². The smallest absolute Gasteiger partial charge is 0.130 e. The van der Waals surface area contributed by atoms with E-state index in [2.05, 4.69) is 16.7 Å². The molecule has 3 rings (SSSR count). The van der Waals surface area contributed by atoms with Gasteiger partial charge in [-0.05, 0) is 19.4 Å². The molecule has 0 aromatic heterocycles. The van der Waals surface area contributed by atoms with E-state index in [0.717, 1.165) is 32.1 Å². The molecule has 2 fully saturated rings. The van der Waals surface area contributed by atoms with E-state index < -0.39 is 11.6 Å². The van der Waals surface area contributed by atoms with E-state index in [-0.39, 0.29) is 6.10 Å². The van der Waals surface area contributed by atoms with Crippen LogP contribution in [0.3, 0.4) is 0 Å². The van der Waals surface area contributed by atoms with Crippen LogP contribution < -0.4 is 0 Å². The molecule has 2 aliphatic rings. The topological polar surface area (TPSA) is 26.7 Å². The zero-order valence-corrected chi connectivity index (χ0v) is 11.6. The molecule has 1 aromatic rings. The monoisotopic (exact) mass is 282 g/mol. The van der Waals surface area contributed by atoms with Crippen molar-refractivity contribution in [3.8, 4) is 0 Å². The summed E-state index contributed by atoms with van der Waals surface area (Å²) in [6.07, 6.45) is 0.546. The largest absolute Gasteiger partial charge is 0.392 e. The minimum atomic E-state index is -0.539. The average Bonchev–Trinajstić information content (AvgIpc) is 2.72. The quantitative estimate of drug-likeness (QED) is 0.892. The van der Waals surface area contributed by atoms with E-state index in [0.29, 0.717) is 24.2 Å². The molecule has 1 aromatic carbocycles. The van der Waals surface area contributed by atoms with Crippen LogP contribution in [0.1, 0.15) is 18.9 Å². The van der Waals surface area contributed by atoms with E-state index in [4.69, 9.17) is 0 Å². The van der Waals surface area contributed by atoms with Gasteiger partial charge >= 0.3 is 0 Å². The van der Waals surface area contributed by atoms with E-state index in [1.54, 1.807) is 0 Å². The number of nitrogens with zero attached hydrogens (tertiary/aromatic N) is 2. The maximum Gasteiger partial charge on any atom is 0.130 e. The van der Waals surface area contributed by atoms with Gasteiger partial charge in [0.05, 0.1) is 6.10 Å². The van der Waals surface area contributed by atoms with Crippen LogP contribution in [0.25, 0.3) is 0 Å². The summed E-state index contributed by atoms with van der Waals surface area (Å²) in [7, 11) is 0. The second-order valence-electron chi connectivity index (χ2n) is 6.01. The fourth-order valence-electron chi connectivity index (χ4n) is 3.37. The summed E-state index contributed by atoms with van der Waals surface area (Å²) in [5, 5.41) is 9.74. The Morgan fingerprint density at radius 3 is 2.80 bits per heavy atom. The fraction of sp³-hybridized carbons (Fsp3) is 0.600. The van der Waals surface area contributed by atoms with Crippen LogP contribution in [0.15, 0.2) is 18.2 Å². The third-order valence-corrected chi connectivity index (χ3v) is 4.46. The van der Waals surface area contributed by atoms with Gasteiger partial charge in [0, 0.05) is 49.9 Å². The molecule has 0 amide bonds. The lowest BCUT2D eigenvalue weighted by Crippen LogP contribution is -2.54. The highest BCUT2D eigenvalue weighted by Crippen LogP contribution is 2.26. The molecule has 0 bridgehead atoms.